The normalized spacial score (nSPS) is 10.5. The topological polar surface area (TPSA) is 82.1 Å². The number of nitro groups is 1. The molecule has 6 nitrogen and oxygen atoms in total. The van der Waals surface area contributed by atoms with Gasteiger partial charge in [-0.25, -0.2) is 0 Å². The Bertz CT molecular complexity index is 572. The average molecular weight is 272 g/mol. The molecule has 0 atom stereocenters. The number of nitrogens with zero attached hydrogens (tertiary/aromatic N) is 3. The first-order chi connectivity index (χ1) is 8.08. The number of hydrogen-bond acceptors (Lipinski definition) is 6. The van der Waals surface area contributed by atoms with Crippen LogP contribution in [0.3, 0.4) is 0 Å². The molecule has 2 aromatic rings. The molecule has 0 saturated carbocycles. The van der Waals surface area contributed by atoms with Gasteiger partial charge in [0.2, 0.25) is 5.89 Å². The molecule has 1 aromatic heterocycles. The van der Waals surface area contributed by atoms with Crippen LogP contribution in [-0.2, 0) is 0 Å². The van der Waals surface area contributed by atoms with E-state index in [9.17, 15) is 10.1 Å². The van der Waals surface area contributed by atoms with Gasteiger partial charge in [-0.3, -0.25) is 10.1 Å². The van der Waals surface area contributed by atoms with Crippen LogP contribution in [0.4, 0.5) is 5.69 Å². The van der Waals surface area contributed by atoms with E-state index in [-0.39, 0.29) is 15.9 Å². The zero-order chi connectivity index (χ0) is 12.4. The zero-order valence-electron chi connectivity index (χ0n) is 8.58. The first kappa shape index (κ1) is 11.9. The van der Waals surface area contributed by atoms with Gasteiger partial charge >= 0.3 is 5.69 Å². The quantitative estimate of drug-likeness (QED) is 0.630. The van der Waals surface area contributed by atoms with Crippen LogP contribution in [0.2, 0.25) is 5.02 Å². The van der Waals surface area contributed by atoms with Gasteiger partial charge in [0.25, 0.3) is 5.22 Å². The van der Waals surface area contributed by atoms with E-state index in [1.165, 1.54) is 6.07 Å². The van der Waals surface area contributed by atoms with Gasteiger partial charge in [0.1, 0.15) is 5.02 Å². The Balaban J connectivity index is 2.39. The van der Waals surface area contributed by atoms with Crippen molar-refractivity contribution in [3.63, 3.8) is 0 Å². The summed E-state index contributed by atoms with van der Waals surface area (Å²) in [5.74, 6) is 0.400. The molecule has 0 fully saturated rings. The summed E-state index contributed by atoms with van der Waals surface area (Å²) in [4.78, 5) is 10.7. The molecule has 0 radical (unpaired) electrons. The summed E-state index contributed by atoms with van der Waals surface area (Å²) in [7, 11) is 0. The Kier molecular flexibility index (Phi) is 3.30. The number of hydrogen-bond donors (Lipinski definition) is 0. The maximum atomic E-state index is 10.9. The third-order valence-electron chi connectivity index (χ3n) is 1.84. The van der Waals surface area contributed by atoms with Gasteiger partial charge < -0.3 is 4.42 Å². The van der Waals surface area contributed by atoms with Gasteiger partial charge in [-0.1, -0.05) is 17.7 Å². The molecule has 0 unspecified atom stereocenters. The van der Waals surface area contributed by atoms with Gasteiger partial charge in [0.05, 0.1) is 9.82 Å². The lowest BCUT2D eigenvalue weighted by atomic mass is 10.3. The summed E-state index contributed by atoms with van der Waals surface area (Å²) in [5.41, 5.74) is -0.157. The highest BCUT2D eigenvalue weighted by molar-refractivity contribution is 7.99. The molecule has 0 aliphatic carbocycles. The minimum absolute atomic E-state index is 0.0798. The molecule has 0 spiro atoms. The predicted octanol–water partition coefficient (Wildman–Crippen LogP) is 3.09. The van der Waals surface area contributed by atoms with Crippen LogP contribution in [0.25, 0.3) is 0 Å². The average Bonchev–Trinajstić information content (AvgIpc) is 2.63. The minimum atomic E-state index is -0.534. The largest absolute Gasteiger partial charge is 0.416 e. The monoisotopic (exact) mass is 271 g/mol. The van der Waals surface area contributed by atoms with Crippen molar-refractivity contribution < 1.29 is 9.34 Å². The first-order valence-electron chi connectivity index (χ1n) is 4.49. The Labute approximate surface area is 105 Å². The second kappa shape index (κ2) is 4.72. The third-order valence-corrected chi connectivity index (χ3v) is 3.03. The van der Waals surface area contributed by atoms with E-state index in [1.807, 2.05) is 0 Å². The smallest absolute Gasteiger partial charge is 0.301 e. The van der Waals surface area contributed by atoms with Crippen LogP contribution in [0.1, 0.15) is 5.89 Å². The summed E-state index contributed by atoms with van der Waals surface area (Å²) < 4.78 is 5.14. The highest BCUT2D eigenvalue weighted by atomic mass is 35.5. The van der Waals surface area contributed by atoms with Crippen molar-refractivity contribution in [3.8, 4) is 0 Å². The van der Waals surface area contributed by atoms with Crippen molar-refractivity contribution in [2.45, 2.75) is 17.0 Å². The fraction of sp³-hybridized carbons (Fsp3) is 0.111. The van der Waals surface area contributed by atoms with Crippen molar-refractivity contribution in [1.29, 1.82) is 0 Å². The lowest BCUT2D eigenvalue weighted by Crippen LogP contribution is -1.91. The Morgan fingerprint density at radius 2 is 2.24 bits per heavy atom. The zero-order valence-corrected chi connectivity index (χ0v) is 10.2. The predicted molar refractivity (Wildman–Crippen MR) is 61.3 cm³/mol. The number of nitro benzene ring substituents is 1. The first-order valence-corrected chi connectivity index (χ1v) is 5.68. The highest BCUT2D eigenvalue weighted by Gasteiger charge is 2.20. The Morgan fingerprint density at radius 3 is 2.82 bits per heavy atom. The summed E-state index contributed by atoms with van der Waals surface area (Å²) in [6, 6.07) is 4.66. The molecule has 0 bridgehead atoms. The molecule has 1 aromatic carbocycles. The number of halogens is 1. The molecule has 2 rings (SSSR count). The van der Waals surface area contributed by atoms with Crippen molar-refractivity contribution in [1.82, 2.24) is 10.2 Å². The number of para-hydroxylation sites is 1. The Hall–Kier alpha value is -1.60. The molecule has 88 valence electrons. The van der Waals surface area contributed by atoms with Gasteiger partial charge in [0.15, 0.2) is 0 Å². The summed E-state index contributed by atoms with van der Waals surface area (Å²) in [6.07, 6.45) is 0. The maximum Gasteiger partial charge on any atom is 0.301 e. The molecule has 0 aliphatic heterocycles. The molecule has 1 heterocycles. The van der Waals surface area contributed by atoms with Crippen molar-refractivity contribution in [3.05, 3.63) is 39.2 Å². The van der Waals surface area contributed by atoms with Crippen LogP contribution in [-0.4, -0.2) is 15.1 Å². The van der Waals surface area contributed by atoms with Crippen LogP contribution in [0, 0.1) is 17.0 Å². The Morgan fingerprint density at radius 1 is 1.47 bits per heavy atom. The van der Waals surface area contributed by atoms with E-state index in [4.69, 9.17) is 16.0 Å². The van der Waals surface area contributed by atoms with Crippen LogP contribution in [0.5, 0.6) is 0 Å². The minimum Gasteiger partial charge on any atom is -0.416 e. The second-order valence-corrected chi connectivity index (χ2v) is 4.43. The highest BCUT2D eigenvalue weighted by Crippen LogP contribution is 2.38. The van der Waals surface area contributed by atoms with E-state index >= 15 is 0 Å². The number of aromatic nitrogens is 2. The van der Waals surface area contributed by atoms with Gasteiger partial charge in [-0.15, -0.1) is 10.2 Å². The second-order valence-electron chi connectivity index (χ2n) is 3.03. The lowest BCUT2D eigenvalue weighted by molar-refractivity contribution is -0.387. The van der Waals surface area contributed by atoms with E-state index in [0.29, 0.717) is 10.8 Å². The van der Waals surface area contributed by atoms with E-state index < -0.39 is 4.92 Å². The van der Waals surface area contributed by atoms with Crippen LogP contribution >= 0.6 is 23.4 Å². The molecule has 0 amide bonds. The summed E-state index contributed by atoms with van der Waals surface area (Å²) in [6.45, 7) is 1.64. The van der Waals surface area contributed by atoms with E-state index in [2.05, 4.69) is 10.2 Å². The SMILES string of the molecule is Cc1nnc(Sc2cccc(Cl)c2[N+](=O)[O-])o1. The maximum absolute atomic E-state index is 10.9. The fourth-order valence-electron chi connectivity index (χ4n) is 1.17. The number of aryl methyl sites for hydroxylation is 1. The van der Waals surface area contributed by atoms with Crippen LogP contribution in [0.15, 0.2) is 32.7 Å². The summed E-state index contributed by atoms with van der Waals surface area (Å²) in [5, 5.41) is 18.6. The van der Waals surface area contributed by atoms with Crippen LogP contribution < -0.4 is 0 Å². The standard InChI is InChI=1S/C9H6ClN3O3S/c1-5-11-12-9(16-5)17-7-4-2-3-6(10)8(7)13(14)15/h2-4H,1H3. The van der Waals surface area contributed by atoms with Crippen molar-refractivity contribution in [2.75, 3.05) is 0 Å². The number of rotatable bonds is 3. The van der Waals surface area contributed by atoms with Gasteiger partial charge in [0, 0.05) is 6.92 Å². The number of benzene rings is 1. The van der Waals surface area contributed by atoms with E-state index in [1.54, 1.807) is 19.1 Å². The summed E-state index contributed by atoms with van der Waals surface area (Å²) >= 11 is 6.79. The van der Waals surface area contributed by atoms with Gasteiger partial charge in [-0.2, -0.15) is 0 Å². The molecular weight excluding hydrogens is 266 g/mol. The lowest BCUT2D eigenvalue weighted by Gasteiger charge is -2.00. The molecule has 8 heteroatoms. The third kappa shape index (κ3) is 2.56. The van der Waals surface area contributed by atoms with Gasteiger partial charge in [-0.05, 0) is 23.9 Å². The molecular formula is C9H6ClN3O3S. The molecule has 0 aliphatic rings. The van der Waals surface area contributed by atoms with E-state index in [0.717, 1.165) is 11.8 Å². The molecule has 0 N–H and O–H groups in total. The fourth-order valence-corrected chi connectivity index (χ4v) is 2.33. The molecule has 17 heavy (non-hydrogen) atoms. The van der Waals surface area contributed by atoms with Crippen molar-refractivity contribution >= 4 is 29.1 Å². The van der Waals surface area contributed by atoms with Crippen molar-refractivity contribution in [2.24, 2.45) is 0 Å². The molecule has 0 saturated heterocycles.